The number of rotatable bonds is 4. The first-order valence-corrected chi connectivity index (χ1v) is 6.13. The molecule has 0 saturated carbocycles. The number of hydrogen-bond donors (Lipinski definition) is 1. The van der Waals surface area contributed by atoms with Crippen molar-refractivity contribution in [3.63, 3.8) is 0 Å². The minimum absolute atomic E-state index is 0.00307. The minimum Gasteiger partial charge on any atom is -0.497 e. The van der Waals surface area contributed by atoms with Crippen molar-refractivity contribution in [2.45, 2.75) is 6.04 Å². The van der Waals surface area contributed by atoms with Crippen LogP contribution in [0.4, 0.5) is 17.6 Å². The highest BCUT2D eigenvalue weighted by Gasteiger charge is 2.25. The van der Waals surface area contributed by atoms with Crippen LogP contribution in [0.15, 0.2) is 30.3 Å². The third-order valence-corrected chi connectivity index (χ3v) is 3.16. The molecule has 6 heteroatoms. The molecule has 21 heavy (non-hydrogen) atoms. The molecule has 0 radical (unpaired) electrons. The number of benzene rings is 2. The summed E-state index contributed by atoms with van der Waals surface area (Å²) in [7, 11) is 2.67. The molecule has 2 nitrogen and oxygen atoms in total. The zero-order valence-corrected chi connectivity index (χ0v) is 11.4. The van der Waals surface area contributed by atoms with E-state index in [0.29, 0.717) is 0 Å². The van der Waals surface area contributed by atoms with Crippen LogP contribution in [0.1, 0.15) is 17.2 Å². The lowest BCUT2D eigenvalue weighted by Gasteiger charge is -2.20. The maximum atomic E-state index is 14.1. The van der Waals surface area contributed by atoms with Crippen molar-refractivity contribution in [1.82, 2.24) is 5.32 Å². The first kappa shape index (κ1) is 15.3. The third kappa shape index (κ3) is 2.85. The molecule has 0 saturated heterocycles. The number of ether oxygens (including phenoxy) is 1. The SMILES string of the molecule is CNC(c1cccc(F)c1F)c1c(F)cc(OC)cc1F. The van der Waals surface area contributed by atoms with Crippen molar-refractivity contribution in [2.75, 3.05) is 14.2 Å². The van der Waals surface area contributed by atoms with Gasteiger partial charge in [0.05, 0.1) is 13.2 Å². The quantitative estimate of drug-likeness (QED) is 0.872. The van der Waals surface area contributed by atoms with Gasteiger partial charge in [0.15, 0.2) is 11.6 Å². The van der Waals surface area contributed by atoms with E-state index in [0.717, 1.165) is 18.2 Å². The molecule has 0 spiro atoms. The van der Waals surface area contributed by atoms with Crippen molar-refractivity contribution in [2.24, 2.45) is 0 Å². The zero-order valence-electron chi connectivity index (χ0n) is 11.4. The molecule has 2 aromatic carbocycles. The summed E-state index contributed by atoms with van der Waals surface area (Å²) in [5, 5.41) is 2.59. The van der Waals surface area contributed by atoms with E-state index in [4.69, 9.17) is 4.74 Å². The minimum atomic E-state index is -1.16. The third-order valence-electron chi connectivity index (χ3n) is 3.16. The summed E-state index contributed by atoms with van der Waals surface area (Å²) in [5.41, 5.74) is -0.580. The molecular formula is C15H13F4NO. The Hall–Kier alpha value is -2.08. The lowest BCUT2D eigenvalue weighted by molar-refractivity contribution is 0.403. The van der Waals surface area contributed by atoms with Gasteiger partial charge in [-0.15, -0.1) is 0 Å². The van der Waals surface area contributed by atoms with Crippen molar-refractivity contribution in [1.29, 1.82) is 0 Å². The molecule has 0 amide bonds. The van der Waals surface area contributed by atoms with Gasteiger partial charge in [0.25, 0.3) is 0 Å². The van der Waals surface area contributed by atoms with Gasteiger partial charge in [-0.3, -0.25) is 0 Å². The Morgan fingerprint density at radius 2 is 1.62 bits per heavy atom. The van der Waals surface area contributed by atoms with Gasteiger partial charge in [0, 0.05) is 23.3 Å². The zero-order chi connectivity index (χ0) is 15.6. The van der Waals surface area contributed by atoms with Gasteiger partial charge in [-0.1, -0.05) is 12.1 Å². The van der Waals surface area contributed by atoms with Crippen LogP contribution in [0.25, 0.3) is 0 Å². The average molecular weight is 299 g/mol. The Balaban J connectivity index is 2.59. The van der Waals surface area contributed by atoms with E-state index in [9.17, 15) is 17.6 Å². The second-order valence-corrected chi connectivity index (χ2v) is 4.37. The van der Waals surface area contributed by atoms with Crippen molar-refractivity contribution in [3.05, 3.63) is 64.7 Å². The van der Waals surface area contributed by atoms with Gasteiger partial charge in [-0.25, -0.2) is 17.6 Å². The van der Waals surface area contributed by atoms with Crippen LogP contribution in [0.2, 0.25) is 0 Å². The topological polar surface area (TPSA) is 21.3 Å². The van der Waals surface area contributed by atoms with Crippen LogP contribution in [0, 0.1) is 23.3 Å². The second-order valence-electron chi connectivity index (χ2n) is 4.37. The number of nitrogens with one attached hydrogen (secondary N) is 1. The Morgan fingerprint density at radius 3 is 2.14 bits per heavy atom. The number of methoxy groups -OCH3 is 1. The van der Waals surface area contributed by atoms with Crippen LogP contribution in [0.5, 0.6) is 5.75 Å². The fourth-order valence-corrected chi connectivity index (χ4v) is 2.15. The van der Waals surface area contributed by atoms with E-state index < -0.39 is 34.9 Å². The van der Waals surface area contributed by atoms with Crippen molar-refractivity contribution in [3.8, 4) is 5.75 Å². The van der Waals surface area contributed by atoms with Crippen LogP contribution < -0.4 is 10.1 Å². The Bertz CT molecular complexity index is 637. The molecule has 1 unspecified atom stereocenters. The van der Waals surface area contributed by atoms with E-state index >= 15 is 0 Å². The predicted octanol–water partition coefficient (Wildman–Crippen LogP) is 3.56. The fourth-order valence-electron chi connectivity index (χ4n) is 2.15. The smallest absolute Gasteiger partial charge is 0.163 e. The molecule has 0 aliphatic rings. The molecule has 0 fully saturated rings. The molecule has 0 heterocycles. The lowest BCUT2D eigenvalue weighted by Crippen LogP contribution is -2.22. The highest BCUT2D eigenvalue weighted by molar-refractivity contribution is 5.38. The van der Waals surface area contributed by atoms with E-state index in [1.165, 1.54) is 26.3 Å². The first-order valence-electron chi connectivity index (χ1n) is 6.13. The summed E-state index contributed by atoms with van der Waals surface area (Å²) in [5.74, 6) is -4.04. The van der Waals surface area contributed by atoms with Crippen molar-refractivity contribution >= 4 is 0 Å². The van der Waals surface area contributed by atoms with E-state index in [1.54, 1.807) is 0 Å². The molecule has 0 bridgehead atoms. The Kier molecular flexibility index (Phi) is 4.47. The summed E-state index contributed by atoms with van der Waals surface area (Å²) in [4.78, 5) is 0. The Morgan fingerprint density at radius 1 is 1.00 bits per heavy atom. The predicted molar refractivity (Wildman–Crippen MR) is 70.2 cm³/mol. The Labute approximate surface area is 119 Å². The summed E-state index contributed by atoms with van der Waals surface area (Å²) >= 11 is 0. The fraction of sp³-hybridized carbons (Fsp3) is 0.200. The van der Waals surface area contributed by atoms with Gasteiger partial charge in [-0.05, 0) is 13.1 Å². The second kappa shape index (κ2) is 6.13. The lowest BCUT2D eigenvalue weighted by atomic mass is 9.97. The van der Waals surface area contributed by atoms with Gasteiger partial charge in [0.2, 0.25) is 0 Å². The van der Waals surface area contributed by atoms with Gasteiger partial charge >= 0.3 is 0 Å². The van der Waals surface area contributed by atoms with Crippen LogP contribution in [-0.2, 0) is 0 Å². The summed E-state index contributed by atoms with van der Waals surface area (Å²) in [6.07, 6.45) is 0. The van der Waals surface area contributed by atoms with Gasteiger partial charge < -0.3 is 10.1 Å². The molecule has 0 aromatic heterocycles. The molecule has 0 aliphatic carbocycles. The molecule has 0 aliphatic heterocycles. The first-order chi connectivity index (χ1) is 9.99. The van der Waals surface area contributed by atoms with Crippen molar-refractivity contribution < 1.29 is 22.3 Å². The van der Waals surface area contributed by atoms with Gasteiger partial charge in [0.1, 0.15) is 17.4 Å². The van der Waals surface area contributed by atoms with E-state index in [1.807, 2.05) is 0 Å². The van der Waals surface area contributed by atoms with Gasteiger partial charge in [-0.2, -0.15) is 0 Å². The highest BCUT2D eigenvalue weighted by atomic mass is 19.2. The van der Waals surface area contributed by atoms with E-state index in [-0.39, 0.29) is 11.3 Å². The summed E-state index contributed by atoms with van der Waals surface area (Å²) < 4.78 is 60.1. The van der Waals surface area contributed by atoms with E-state index in [2.05, 4.69) is 5.32 Å². The largest absolute Gasteiger partial charge is 0.497 e. The normalized spacial score (nSPS) is 12.3. The molecule has 1 N–H and O–H groups in total. The van der Waals surface area contributed by atoms with Crippen LogP contribution in [0.3, 0.4) is 0 Å². The van der Waals surface area contributed by atoms with Crippen LogP contribution >= 0.6 is 0 Å². The average Bonchev–Trinajstić information content (AvgIpc) is 2.46. The standard InChI is InChI=1S/C15H13F4NO/c1-20-15(9-4-3-5-10(16)14(9)19)13-11(17)6-8(21-2)7-12(13)18/h3-7,15,20H,1-2H3. The molecule has 112 valence electrons. The monoisotopic (exact) mass is 299 g/mol. The molecular weight excluding hydrogens is 286 g/mol. The number of hydrogen-bond acceptors (Lipinski definition) is 2. The highest BCUT2D eigenvalue weighted by Crippen LogP contribution is 2.31. The van der Waals surface area contributed by atoms with Crippen LogP contribution in [-0.4, -0.2) is 14.2 Å². The molecule has 2 rings (SSSR count). The summed E-state index contributed by atoms with van der Waals surface area (Å²) in [6.45, 7) is 0. The molecule has 1 atom stereocenters. The number of halogens is 4. The maximum absolute atomic E-state index is 14.1. The summed E-state index contributed by atoms with van der Waals surface area (Å²) in [6, 6.07) is 4.29. The maximum Gasteiger partial charge on any atom is 0.163 e. The molecule has 2 aromatic rings.